The van der Waals surface area contributed by atoms with Gasteiger partial charge in [0, 0.05) is 13.2 Å². The summed E-state index contributed by atoms with van der Waals surface area (Å²) >= 11 is 0.114. The van der Waals surface area contributed by atoms with Crippen molar-refractivity contribution in [2.24, 2.45) is 15.1 Å². The topological polar surface area (TPSA) is 43.6 Å². The molecule has 0 spiro atoms. The largest absolute Gasteiger partial charge is 0.255 e. The Morgan fingerprint density at radius 3 is 3.13 bits per heavy atom. The lowest BCUT2D eigenvalue weighted by atomic mass is 10.3. The molecule has 0 atom stereocenters. The van der Waals surface area contributed by atoms with Gasteiger partial charge in [-0.1, -0.05) is 0 Å². The highest BCUT2D eigenvalue weighted by Gasteiger charge is 2.34. The fourth-order valence-electron chi connectivity index (χ4n) is 1.57. The molecule has 0 N–H and O–H groups in total. The summed E-state index contributed by atoms with van der Waals surface area (Å²) in [4.78, 5) is 9.99. The number of nitrogens with zero attached hydrogens (tertiary/aromatic N) is 5. The first kappa shape index (κ1) is 8.66. The van der Waals surface area contributed by atoms with E-state index in [1.165, 1.54) is 0 Å². The predicted octanol–water partition coefficient (Wildman–Crippen LogP) is 1.30. The van der Waals surface area contributed by atoms with Crippen LogP contribution in [-0.4, -0.2) is 33.9 Å². The standard InChI is InChI=1S/C8H6FN5S/c1-13-8-10-3-2-5-4-6(15-9)11-7(12-13)14(5)8/h2-4H,1H3. The quantitative estimate of drug-likeness (QED) is 0.621. The van der Waals surface area contributed by atoms with E-state index in [0.717, 1.165) is 5.70 Å². The Kier molecular flexibility index (Phi) is 1.69. The van der Waals surface area contributed by atoms with Crippen molar-refractivity contribution in [1.82, 2.24) is 9.91 Å². The molecule has 0 fully saturated rings. The van der Waals surface area contributed by atoms with E-state index in [4.69, 9.17) is 0 Å². The van der Waals surface area contributed by atoms with Crippen molar-refractivity contribution < 1.29 is 3.89 Å². The van der Waals surface area contributed by atoms with Gasteiger partial charge in [-0.25, -0.2) is 19.9 Å². The van der Waals surface area contributed by atoms with Crippen LogP contribution in [-0.2, 0) is 0 Å². The third kappa shape index (κ3) is 1.13. The minimum absolute atomic E-state index is 0.114. The lowest BCUT2D eigenvalue weighted by molar-refractivity contribution is 0.530. The minimum atomic E-state index is 0.114. The first-order valence-corrected chi connectivity index (χ1v) is 4.97. The fourth-order valence-corrected chi connectivity index (χ4v) is 1.85. The van der Waals surface area contributed by atoms with Crippen LogP contribution >= 0.6 is 12.1 Å². The summed E-state index contributed by atoms with van der Waals surface area (Å²) in [5.74, 6) is 1.14. The fraction of sp³-hybridized carbons (Fsp3) is 0.125. The summed E-state index contributed by atoms with van der Waals surface area (Å²) in [6.07, 6.45) is 5.12. The summed E-state index contributed by atoms with van der Waals surface area (Å²) in [7, 11) is 1.78. The van der Waals surface area contributed by atoms with Crippen molar-refractivity contribution >= 4 is 29.1 Å². The van der Waals surface area contributed by atoms with E-state index >= 15 is 0 Å². The average molecular weight is 223 g/mol. The molecule has 3 rings (SSSR count). The van der Waals surface area contributed by atoms with Crippen molar-refractivity contribution in [3.63, 3.8) is 0 Å². The smallest absolute Gasteiger partial charge is 0.246 e. The van der Waals surface area contributed by atoms with Crippen molar-refractivity contribution in [3.8, 4) is 0 Å². The van der Waals surface area contributed by atoms with Crippen LogP contribution < -0.4 is 0 Å². The molecule has 3 heterocycles. The van der Waals surface area contributed by atoms with E-state index in [1.807, 2.05) is 0 Å². The van der Waals surface area contributed by atoms with Crippen LogP contribution in [0.25, 0.3) is 0 Å². The van der Waals surface area contributed by atoms with Crippen LogP contribution in [0.4, 0.5) is 3.89 Å². The van der Waals surface area contributed by atoms with Gasteiger partial charge in [0.25, 0.3) is 5.96 Å². The van der Waals surface area contributed by atoms with E-state index in [0.29, 0.717) is 17.0 Å². The molecule has 76 valence electrons. The van der Waals surface area contributed by atoms with Gasteiger partial charge in [0.1, 0.15) is 17.2 Å². The molecule has 0 aliphatic carbocycles. The minimum Gasteiger partial charge on any atom is -0.246 e. The van der Waals surface area contributed by atoms with Crippen LogP contribution in [0.5, 0.6) is 0 Å². The molecule has 15 heavy (non-hydrogen) atoms. The van der Waals surface area contributed by atoms with Crippen molar-refractivity contribution in [2.45, 2.75) is 0 Å². The maximum absolute atomic E-state index is 12.5. The van der Waals surface area contributed by atoms with Crippen molar-refractivity contribution in [2.75, 3.05) is 7.05 Å². The number of aliphatic imine (C=N–C) groups is 2. The van der Waals surface area contributed by atoms with Crippen molar-refractivity contribution in [3.05, 3.63) is 24.0 Å². The van der Waals surface area contributed by atoms with Crippen LogP contribution in [0, 0.1) is 0 Å². The second kappa shape index (κ2) is 2.93. The molecule has 0 aromatic rings. The molecule has 0 saturated carbocycles. The van der Waals surface area contributed by atoms with Gasteiger partial charge in [-0.2, -0.15) is 3.89 Å². The van der Waals surface area contributed by atoms with Gasteiger partial charge in [-0.05, 0) is 12.2 Å². The first-order valence-electron chi connectivity index (χ1n) is 4.25. The van der Waals surface area contributed by atoms with Gasteiger partial charge in [0.2, 0.25) is 5.96 Å². The number of rotatable bonds is 0. The molecule has 3 aliphatic heterocycles. The van der Waals surface area contributed by atoms with Crippen LogP contribution in [0.3, 0.4) is 0 Å². The summed E-state index contributed by atoms with van der Waals surface area (Å²) in [6.45, 7) is 0. The molecule has 0 aromatic heterocycles. The van der Waals surface area contributed by atoms with Crippen LogP contribution in [0.15, 0.2) is 39.1 Å². The molecule has 0 radical (unpaired) electrons. The second-order valence-electron chi connectivity index (χ2n) is 3.10. The van der Waals surface area contributed by atoms with E-state index in [9.17, 15) is 3.89 Å². The molecule has 7 heteroatoms. The molecule has 0 bridgehead atoms. The molecule has 0 amide bonds. The van der Waals surface area contributed by atoms with E-state index < -0.39 is 0 Å². The molecular formula is C8H6FN5S. The number of hydrogen-bond acceptors (Lipinski definition) is 6. The third-order valence-corrected chi connectivity index (χ3v) is 2.55. The molecule has 0 aromatic carbocycles. The van der Waals surface area contributed by atoms with Gasteiger partial charge < -0.3 is 0 Å². The monoisotopic (exact) mass is 223 g/mol. The Hall–Kier alpha value is -1.63. The molecule has 0 saturated heterocycles. The maximum Gasteiger partial charge on any atom is 0.255 e. The highest BCUT2D eigenvalue weighted by Crippen LogP contribution is 2.26. The summed E-state index contributed by atoms with van der Waals surface area (Å²) in [5.41, 5.74) is 0.832. The molecule has 0 unspecified atom stereocenters. The molecular weight excluding hydrogens is 217 g/mol. The van der Waals surface area contributed by atoms with Gasteiger partial charge in [-0.3, -0.25) is 0 Å². The second-order valence-corrected chi connectivity index (χ2v) is 3.67. The number of allylic oxidation sites excluding steroid dienone is 1. The van der Waals surface area contributed by atoms with Gasteiger partial charge >= 0.3 is 0 Å². The Morgan fingerprint density at radius 1 is 1.47 bits per heavy atom. The zero-order valence-electron chi connectivity index (χ0n) is 7.75. The zero-order valence-corrected chi connectivity index (χ0v) is 8.57. The Balaban J connectivity index is 2.15. The van der Waals surface area contributed by atoms with E-state index in [2.05, 4.69) is 15.1 Å². The normalized spacial score (nSPS) is 22.0. The number of hydrogen-bond donors (Lipinski definition) is 0. The highest BCUT2D eigenvalue weighted by molar-refractivity contribution is 8.10. The van der Waals surface area contributed by atoms with Gasteiger partial charge in [0.15, 0.2) is 0 Å². The molecule has 3 aliphatic rings. The van der Waals surface area contributed by atoms with Crippen LogP contribution in [0.2, 0.25) is 0 Å². The SMILES string of the molecule is CN1N=C2N=C(SF)C=C3C=CN=C1N32. The lowest BCUT2D eigenvalue weighted by Gasteiger charge is -2.24. The van der Waals surface area contributed by atoms with E-state index in [1.54, 1.807) is 35.3 Å². The van der Waals surface area contributed by atoms with Crippen LogP contribution in [0.1, 0.15) is 0 Å². The maximum atomic E-state index is 12.5. The molecule has 5 nitrogen and oxygen atoms in total. The Morgan fingerprint density at radius 2 is 2.33 bits per heavy atom. The number of halogens is 1. The van der Waals surface area contributed by atoms with Crippen molar-refractivity contribution in [1.29, 1.82) is 0 Å². The Labute approximate surface area is 89.7 Å². The first-order chi connectivity index (χ1) is 7.29. The average Bonchev–Trinajstić information content (AvgIpc) is 2.58. The summed E-state index contributed by atoms with van der Waals surface area (Å²) < 4.78 is 12.5. The Bertz CT molecular complexity index is 475. The lowest BCUT2D eigenvalue weighted by Crippen LogP contribution is -2.37. The summed E-state index contributed by atoms with van der Waals surface area (Å²) in [5, 5.41) is 6.07. The number of guanidine groups is 2. The number of hydrazone groups is 1. The van der Waals surface area contributed by atoms with E-state index in [-0.39, 0.29) is 12.1 Å². The third-order valence-electron chi connectivity index (χ3n) is 2.18. The predicted molar refractivity (Wildman–Crippen MR) is 57.8 cm³/mol. The van der Waals surface area contributed by atoms with Gasteiger partial charge in [-0.15, -0.1) is 5.10 Å². The highest BCUT2D eigenvalue weighted by atomic mass is 32.2. The summed E-state index contributed by atoms with van der Waals surface area (Å²) in [6, 6.07) is 0. The van der Waals surface area contributed by atoms with Gasteiger partial charge in [0.05, 0.1) is 5.70 Å². The zero-order chi connectivity index (χ0) is 10.4.